The number of aromatic nitrogens is 3. The molecular formula is C14H19N3O2. The standard InChI is InChI=1S/C14H19N3O2/c1-3-6-17-14(15-10-16-17)9-19-13-5-4-11(2)7-12(13)8-18/h4-5,7,10,18H,3,6,8-9H2,1-2H3. The van der Waals surface area contributed by atoms with Gasteiger partial charge in [-0.25, -0.2) is 9.67 Å². The highest BCUT2D eigenvalue weighted by Crippen LogP contribution is 2.20. The average Bonchev–Trinajstić information content (AvgIpc) is 2.85. The van der Waals surface area contributed by atoms with Crippen molar-refractivity contribution in [3.05, 3.63) is 41.5 Å². The molecule has 0 spiro atoms. The quantitative estimate of drug-likeness (QED) is 0.864. The number of benzene rings is 1. The van der Waals surface area contributed by atoms with Gasteiger partial charge >= 0.3 is 0 Å². The summed E-state index contributed by atoms with van der Waals surface area (Å²) < 4.78 is 7.57. The Morgan fingerprint density at radius 2 is 2.21 bits per heavy atom. The van der Waals surface area contributed by atoms with E-state index in [2.05, 4.69) is 17.0 Å². The van der Waals surface area contributed by atoms with E-state index in [4.69, 9.17) is 4.74 Å². The van der Waals surface area contributed by atoms with Crippen molar-refractivity contribution in [1.82, 2.24) is 14.8 Å². The van der Waals surface area contributed by atoms with Crippen molar-refractivity contribution in [2.45, 2.75) is 40.0 Å². The fourth-order valence-electron chi connectivity index (χ4n) is 1.91. The highest BCUT2D eigenvalue weighted by Gasteiger charge is 2.07. The van der Waals surface area contributed by atoms with Crippen molar-refractivity contribution in [3.63, 3.8) is 0 Å². The fourth-order valence-corrected chi connectivity index (χ4v) is 1.91. The lowest BCUT2D eigenvalue weighted by Gasteiger charge is -2.11. The first-order valence-corrected chi connectivity index (χ1v) is 6.44. The summed E-state index contributed by atoms with van der Waals surface area (Å²) in [5.74, 6) is 1.49. The van der Waals surface area contributed by atoms with Crippen molar-refractivity contribution in [1.29, 1.82) is 0 Å². The molecule has 0 aliphatic heterocycles. The maximum Gasteiger partial charge on any atom is 0.164 e. The molecule has 0 fully saturated rings. The van der Waals surface area contributed by atoms with Gasteiger partial charge in [-0.15, -0.1) is 0 Å². The van der Waals surface area contributed by atoms with Crippen LogP contribution in [0.15, 0.2) is 24.5 Å². The number of aryl methyl sites for hydroxylation is 2. The van der Waals surface area contributed by atoms with E-state index in [1.165, 1.54) is 6.33 Å². The second kappa shape index (κ2) is 6.33. The number of rotatable bonds is 6. The third kappa shape index (κ3) is 3.32. The summed E-state index contributed by atoms with van der Waals surface area (Å²) in [4.78, 5) is 4.19. The van der Waals surface area contributed by atoms with Gasteiger partial charge in [0.25, 0.3) is 0 Å². The van der Waals surface area contributed by atoms with Crippen LogP contribution in [0.4, 0.5) is 0 Å². The Morgan fingerprint density at radius 1 is 1.37 bits per heavy atom. The molecule has 1 N–H and O–H groups in total. The van der Waals surface area contributed by atoms with Crippen LogP contribution in [0.2, 0.25) is 0 Å². The third-order valence-electron chi connectivity index (χ3n) is 2.87. The zero-order valence-electron chi connectivity index (χ0n) is 11.3. The molecule has 0 bridgehead atoms. The minimum Gasteiger partial charge on any atom is -0.485 e. The number of nitrogens with zero attached hydrogens (tertiary/aromatic N) is 3. The maximum atomic E-state index is 9.33. The van der Waals surface area contributed by atoms with Gasteiger partial charge in [0.1, 0.15) is 18.7 Å². The molecule has 0 atom stereocenters. The predicted molar refractivity (Wildman–Crippen MR) is 71.7 cm³/mol. The lowest BCUT2D eigenvalue weighted by molar-refractivity contribution is 0.252. The minimum absolute atomic E-state index is 0.0291. The largest absolute Gasteiger partial charge is 0.485 e. The number of aliphatic hydroxyl groups is 1. The van der Waals surface area contributed by atoms with Gasteiger partial charge in [0.2, 0.25) is 0 Å². The Bertz CT molecular complexity index is 537. The molecule has 1 aromatic carbocycles. The maximum absolute atomic E-state index is 9.33. The Morgan fingerprint density at radius 3 is 2.95 bits per heavy atom. The molecule has 0 saturated heterocycles. The normalized spacial score (nSPS) is 10.7. The van der Waals surface area contributed by atoms with E-state index in [0.717, 1.165) is 29.9 Å². The van der Waals surface area contributed by atoms with E-state index in [1.54, 1.807) is 0 Å². The Hall–Kier alpha value is -1.88. The Labute approximate surface area is 112 Å². The van der Waals surface area contributed by atoms with Crippen LogP contribution in [0.1, 0.15) is 30.3 Å². The summed E-state index contributed by atoms with van der Waals surface area (Å²) in [6, 6.07) is 5.76. The summed E-state index contributed by atoms with van der Waals surface area (Å²) in [5.41, 5.74) is 1.90. The molecule has 0 aliphatic carbocycles. The number of aliphatic hydroxyl groups excluding tert-OH is 1. The monoisotopic (exact) mass is 261 g/mol. The zero-order valence-corrected chi connectivity index (χ0v) is 11.3. The second-order valence-corrected chi connectivity index (χ2v) is 4.46. The van der Waals surface area contributed by atoms with Gasteiger partial charge < -0.3 is 9.84 Å². The third-order valence-corrected chi connectivity index (χ3v) is 2.87. The Kier molecular flexibility index (Phi) is 4.52. The molecule has 0 amide bonds. The van der Waals surface area contributed by atoms with Gasteiger partial charge in [-0.1, -0.05) is 24.6 Å². The van der Waals surface area contributed by atoms with E-state index >= 15 is 0 Å². The molecular weight excluding hydrogens is 242 g/mol. The van der Waals surface area contributed by atoms with Gasteiger partial charge in [0, 0.05) is 12.1 Å². The number of hydrogen-bond donors (Lipinski definition) is 1. The van der Waals surface area contributed by atoms with Crippen LogP contribution in [0, 0.1) is 6.92 Å². The molecule has 19 heavy (non-hydrogen) atoms. The highest BCUT2D eigenvalue weighted by atomic mass is 16.5. The van der Waals surface area contributed by atoms with Gasteiger partial charge in [0.15, 0.2) is 5.82 Å². The summed E-state index contributed by atoms with van der Waals surface area (Å²) in [6.07, 6.45) is 2.54. The summed E-state index contributed by atoms with van der Waals surface area (Å²) in [7, 11) is 0. The van der Waals surface area contributed by atoms with Gasteiger partial charge in [0.05, 0.1) is 6.61 Å². The van der Waals surface area contributed by atoms with Crippen LogP contribution in [-0.2, 0) is 19.8 Å². The SMILES string of the molecule is CCCn1ncnc1COc1ccc(C)cc1CO. The summed E-state index contributed by atoms with van der Waals surface area (Å²) in [5, 5.41) is 13.5. The van der Waals surface area contributed by atoms with Gasteiger partial charge in [-0.2, -0.15) is 5.10 Å². The van der Waals surface area contributed by atoms with Gasteiger partial charge in [-0.3, -0.25) is 0 Å². The molecule has 2 rings (SSSR count). The van der Waals surface area contributed by atoms with Crippen molar-refractivity contribution >= 4 is 0 Å². The van der Waals surface area contributed by atoms with Crippen LogP contribution in [0.25, 0.3) is 0 Å². The summed E-state index contributed by atoms with van der Waals surface area (Å²) in [6.45, 7) is 5.24. The van der Waals surface area contributed by atoms with E-state index in [0.29, 0.717) is 12.4 Å². The number of hydrogen-bond acceptors (Lipinski definition) is 4. The van der Waals surface area contributed by atoms with Crippen molar-refractivity contribution in [2.24, 2.45) is 0 Å². The zero-order chi connectivity index (χ0) is 13.7. The smallest absolute Gasteiger partial charge is 0.164 e. The van der Waals surface area contributed by atoms with Crippen LogP contribution >= 0.6 is 0 Å². The Balaban J connectivity index is 2.07. The first kappa shape index (κ1) is 13.5. The lowest BCUT2D eigenvalue weighted by Crippen LogP contribution is -2.09. The van der Waals surface area contributed by atoms with E-state index in [1.807, 2.05) is 29.8 Å². The predicted octanol–water partition coefficient (Wildman–Crippen LogP) is 2.07. The average molecular weight is 261 g/mol. The van der Waals surface area contributed by atoms with Crippen LogP contribution in [0.3, 0.4) is 0 Å². The molecule has 0 radical (unpaired) electrons. The molecule has 0 aliphatic rings. The molecule has 2 aromatic rings. The second-order valence-electron chi connectivity index (χ2n) is 4.46. The summed E-state index contributed by atoms with van der Waals surface area (Å²) >= 11 is 0. The minimum atomic E-state index is -0.0291. The van der Waals surface area contributed by atoms with E-state index < -0.39 is 0 Å². The lowest BCUT2D eigenvalue weighted by atomic mass is 10.1. The molecule has 5 heteroatoms. The van der Waals surface area contributed by atoms with Crippen LogP contribution < -0.4 is 4.74 Å². The molecule has 5 nitrogen and oxygen atoms in total. The van der Waals surface area contributed by atoms with Crippen LogP contribution in [0.5, 0.6) is 5.75 Å². The first-order valence-electron chi connectivity index (χ1n) is 6.44. The first-order chi connectivity index (χ1) is 9.24. The van der Waals surface area contributed by atoms with Crippen molar-refractivity contribution < 1.29 is 9.84 Å². The fraction of sp³-hybridized carbons (Fsp3) is 0.429. The van der Waals surface area contributed by atoms with E-state index in [9.17, 15) is 5.11 Å². The van der Waals surface area contributed by atoms with Crippen molar-refractivity contribution in [2.75, 3.05) is 0 Å². The topological polar surface area (TPSA) is 60.2 Å². The molecule has 0 unspecified atom stereocenters. The molecule has 102 valence electrons. The van der Waals surface area contributed by atoms with E-state index in [-0.39, 0.29) is 6.61 Å². The highest BCUT2D eigenvalue weighted by molar-refractivity contribution is 5.36. The molecule has 1 heterocycles. The van der Waals surface area contributed by atoms with Gasteiger partial charge in [-0.05, 0) is 19.4 Å². The molecule has 0 saturated carbocycles. The molecule has 1 aromatic heterocycles. The van der Waals surface area contributed by atoms with Crippen molar-refractivity contribution in [3.8, 4) is 5.75 Å². The number of ether oxygens (including phenoxy) is 1. The van der Waals surface area contributed by atoms with Crippen LogP contribution in [-0.4, -0.2) is 19.9 Å².